The summed E-state index contributed by atoms with van der Waals surface area (Å²) in [6.45, 7) is 1.61. The zero-order valence-corrected chi connectivity index (χ0v) is 18.1. The smallest absolute Gasteiger partial charge is 0.341 e. The van der Waals surface area contributed by atoms with E-state index in [-0.39, 0.29) is 46.3 Å². The molecule has 2 heterocycles. The first kappa shape index (κ1) is 22.8. The number of carbonyl (C=O) groups is 1. The Morgan fingerprint density at radius 3 is 2.45 bits per heavy atom. The summed E-state index contributed by atoms with van der Waals surface area (Å²) in [6, 6.07) is 2.11. The number of rotatable bonds is 4. The average molecular weight is 480 g/mol. The van der Waals surface area contributed by atoms with E-state index in [0.29, 0.717) is 0 Å². The molecule has 0 radical (unpaired) electrons. The molecule has 12 heteroatoms. The number of nitrogens with zero attached hydrogens (tertiary/aromatic N) is 2. The average Bonchev–Trinajstić information content (AvgIpc) is 2.72. The quantitative estimate of drug-likeness (QED) is 0.354. The van der Waals surface area contributed by atoms with Gasteiger partial charge in [0.15, 0.2) is 5.82 Å². The summed E-state index contributed by atoms with van der Waals surface area (Å²) >= 11 is 6.59. The molecular weight excluding hydrogens is 460 g/mol. The molecule has 33 heavy (non-hydrogen) atoms. The second-order valence-corrected chi connectivity index (χ2v) is 8.71. The number of carboxylic acids is 1. The maximum absolute atomic E-state index is 15.3. The van der Waals surface area contributed by atoms with Gasteiger partial charge in [-0.2, -0.15) is 0 Å². The second kappa shape index (κ2) is 7.58. The molecule has 2 aromatic carbocycles. The van der Waals surface area contributed by atoms with E-state index in [2.05, 4.69) is 0 Å². The van der Waals surface area contributed by atoms with Crippen molar-refractivity contribution in [2.24, 2.45) is 5.73 Å². The standard InChI is InChI=1S/C21H20ClF2N5O4/c1-21(27)6-28(7-21)18-14(22)17-13(16(26)15(18)24)19(31)9(20(32)33)4-29(17)12-3-11(25)10(23)2-8(12)5-30/h2-4,30H,5-7,25-27H2,1H3,(H,32,33). The fourth-order valence-corrected chi connectivity index (χ4v) is 4.49. The summed E-state index contributed by atoms with van der Waals surface area (Å²) in [5, 5.41) is 18.6. The maximum atomic E-state index is 15.3. The van der Waals surface area contributed by atoms with Crippen molar-refractivity contribution in [3.8, 4) is 5.69 Å². The fourth-order valence-electron chi connectivity index (χ4n) is 4.10. The first-order chi connectivity index (χ1) is 15.4. The van der Waals surface area contributed by atoms with Gasteiger partial charge in [-0.05, 0) is 19.1 Å². The van der Waals surface area contributed by atoms with Crippen molar-refractivity contribution in [1.82, 2.24) is 4.57 Å². The summed E-state index contributed by atoms with van der Waals surface area (Å²) < 4.78 is 30.5. The van der Waals surface area contributed by atoms with Gasteiger partial charge in [-0.25, -0.2) is 13.6 Å². The van der Waals surface area contributed by atoms with Crippen LogP contribution in [0, 0.1) is 11.6 Å². The van der Waals surface area contributed by atoms with E-state index in [1.807, 2.05) is 0 Å². The van der Waals surface area contributed by atoms with Crippen molar-refractivity contribution in [3.63, 3.8) is 0 Å². The molecule has 0 atom stereocenters. The van der Waals surface area contributed by atoms with E-state index in [1.54, 1.807) is 11.8 Å². The van der Waals surface area contributed by atoms with Crippen molar-refractivity contribution in [2.45, 2.75) is 19.1 Å². The zero-order chi connectivity index (χ0) is 24.4. The number of halogens is 3. The first-order valence-electron chi connectivity index (χ1n) is 9.70. The van der Waals surface area contributed by atoms with Crippen LogP contribution in [0.15, 0.2) is 23.1 Å². The number of hydrogen-bond acceptors (Lipinski definition) is 7. The Bertz CT molecular complexity index is 1400. The minimum Gasteiger partial charge on any atom is -0.477 e. The molecule has 9 nitrogen and oxygen atoms in total. The molecular formula is C21H20ClF2N5O4. The van der Waals surface area contributed by atoms with Crippen LogP contribution in [0.25, 0.3) is 16.6 Å². The van der Waals surface area contributed by atoms with Gasteiger partial charge in [0.25, 0.3) is 0 Å². The molecule has 0 aliphatic carbocycles. The number of fused-ring (bicyclic) bond motifs is 1. The Labute approximate surface area is 190 Å². The van der Waals surface area contributed by atoms with Crippen LogP contribution in [-0.4, -0.2) is 39.4 Å². The van der Waals surface area contributed by atoms with Gasteiger partial charge >= 0.3 is 5.97 Å². The van der Waals surface area contributed by atoms with Crippen LogP contribution in [0.2, 0.25) is 5.02 Å². The molecule has 1 aliphatic rings. The number of aliphatic hydroxyl groups is 1. The molecule has 1 aliphatic heterocycles. The maximum Gasteiger partial charge on any atom is 0.341 e. The van der Waals surface area contributed by atoms with E-state index in [1.165, 1.54) is 0 Å². The number of hydrogen-bond donors (Lipinski definition) is 5. The van der Waals surface area contributed by atoms with Gasteiger partial charge in [-0.1, -0.05) is 11.6 Å². The highest BCUT2D eigenvalue weighted by Gasteiger charge is 2.39. The van der Waals surface area contributed by atoms with Gasteiger partial charge in [0.05, 0.1) is 45.3 Å². The third-order valence-electron chi connectivity index (χ3n) is 5.62. The number of nitrogens with two attached hydrogens (primary N) is 3. The molecule has 0 unspecified atom stereocenters. The number of anilines is 3. The largest absolute Gasteiger partial charge is 0.477 e. The summed E-state index contributed by atoms with van der Waals surface area (Å²) in [4.78, 5) is 26.3. The Kier molecular flexibility index (Phi) is 5.23. The van der Waals surface area contributed by atoms with Gasteiger partial charge in [0.2, 0.25) is 5.43 Å². The first-order valence-corrected chi connectivity index (χ1v) is 10.1. The van der Waals surface area contributed by atoms with Crippen LogP contribution in [0.4, 0.5) is 25.8 Å². The molecule has 8 N–H and O–H groups in total. The molecule has 1 aromatic heterocycles. The minimum atomic E-state index is -1.60. The van der Waals surface area contributed by atoms with Crippen molar-refractivity contribution in [2.75, 3.05) is 29.5 Å². The second-order valence-electron chi connectivity index (χ2n) is 8.33. The Morgan fingerprint density at radius 2 is 1.91 bits per heavy atom. The van der Waals surface area contributed by atoms with Gasteiger partial charge in [0.1, 0.15) is 11.4 Å². The highest BCUT2D eigenvalue weighted by Crippen LogP contribution is 2.43. The van der Waals surface area contributed by atoms with Gasteiger partial charge in [-0.15, -0.1) is 0 Å². The summed E-state index contributed by atoms with van der Waals surface area (Å²) in [7, 11) is 0. The number of aromatic nitrogens is 1. The van der Waals surface area contributed by atoms with Crippen LogP contribution < -0.4 is 27.5 Å². The number of benzene rings is 2. The van der Waals surface area contributed by atoms with Crippen LogP contribution in [0.5, 0.6) is 0 Å². The topological polar surface area (TPSA) is 161 Å². The zero-order valence-electron chi connectivity index (χ0n) is 17.3. The van der Waals surface area contributed by atoms with Crippen molar-refractivity contribution >= 4 is 45.5 Å². The summed E-state index contributed by atoms with van der Waals surface area (Å²) in [6.07, 6.45) is 0.953. The Hall–Kier alpha value is -3.41. The van der Waals surface area contributed by atoms with Gasteiger partial charge < -0.3 is 36.9 Å². The molecule has 0 amide bonds. The number of aliphatic hydroxyl groups excluding tert-OH is 1. The molecule has 0 bridgehead atoms. The normalized spacial score (nSPS) is 15.0. The fraction of sp³-hybridized carbons (Fsp3) is 0.238. The van der Waals surface area contributed by atoms with Crippen molar-refractivity contribution in [1.29, 1.82) is 0 Å². The molecule has 0 spiro atoms. The number of pyridine rings is 1. The third kappa shape index (κ3) is 3.45. The molecule has 3 aromatic rings. The number of carboxylic acid groups (broad SMARTS) is 1. The lowest BCUT2D eigenvalue weighted by Gasteiger charge is -2.47. The SMILES string of the molecule is CC1(N)CN(c2c(F)c(N)c3c(=O)c(C(=O)O)cn(-c4cc(N)c(F)cc4CO)c3c2Cl)C1. The Balaban J connectivity index is 2.18. The molecule has 4 rings (SSSR count). The lowest BCUT2D eigenvalue weighted by Crippen LogP contribution is -2.66. The summed E-state index contributed by atoms with van der Waals surface area (Å²) in [5.41, 5.74) is 14.2. The number of aromatic carboxylic acids is 1. The highest BCUT2D eigenvalue weighted by molar-refractivity contribution is 6.38. The lowest BCUT2D eigenvalue weighted by molar-refractivity contribution is 0.0695. The van der Waals surface area contributed by atoms with E-state index in [0.717, 1.165) is 22.9 Å². The molecule has 174 valence electrons. The third-order valence-corrected chi connectivity index (χ3v) is 5.97. The van der Waals surface area contributed by atoms with Crippen LogP contribution in [0.3, 0.4) is 0 Å². The number of nitrogen functional groups attached to an aromatic ring is 2. The van der Waals surface area contributed by atoms with Crippen LogP contribution in [-0.2, 0) is 6.61 Å². The predicted octanol–water partition coefficient (Wildman–Crippen LogP) is 1.81. The molecule has 0 saturated carbocycles. The van der Waals surface area contributed by atoms with Crippen molar-refractivity contribution < 1.29 is 23.8 Å². The highest BCUT2D eigenvalue weighted by atomic mass is 35.5. The van der Waals surface area contributed by atoms with Crippen LogP contribution in [0.1, 0.15) is 22.8 Å². The predicted molar refractivity (Wildman–Crippen MR) is 121 cm³/mol. The van der Waals surface area contributed by atoms with E-state index < -0.39 is 51.8 Å². The molecule has 1 fully saturated rings. The monoisotopic (exact) mass is 479 g/mol. The van der Waals surface area contributed by atoms with Crippen LogP contribution >= 0.6 is 11.6 Å². The summed E-state index contributed by atoms with van der Waals surface area (Å²) in [5.74, 6) is -3.40. The lowest BCUT2D eigenvalue weighted by atomic mass is 9.92. The van der Waals surface area contributed by atoms with Gasteiger partial charge in [0, 0.05) is 30.4 Å². The minimum absolute atomic E-state index is 0.0157. The Morgan fingerprint density at radius 1 is 1.27 bits per heavy atom. The van der Waals surface area contributed by atoms with E-state index in [9.17, 15) is 24.2 Å². The van der Waals surface area contributed by atoms with Gasteiger partial charge in [-0.3, -0.25) is 4.79 Å². The molecule has 1 saturated heterocycles. The van der Waals surface area contributed by atoms with E-state index >= 15 is 4.39 Å². The van der Waals surface area contributed by atoms with E-state index in [4.69, 9.17) is 28.8 Å². The van der Waals surface area contributed by atoms with Crippen molar-refractivity contribution in [3.05, 3.63) is 56.3 Å².